The van der Waals surface area contributed by atoms with Gasteiger partial charge in [-0.2, -0.15) is 0 Å². The van der Waals surface area contributed by atoms with Crippen LogP contribution in [0.4, 0.5) is 0 Å². The number of methoxy groups -OCH3 is 1. The van der Waals surface area contributed by atoms with Gasteiger partial charge in [-0.15, -0.1) is 0 Å². The molecule has 0 spiro atoms. The van der Waals surface area contributed by atoms with Gasteiger partial charge in [0.25, 0.3) is 0 Å². The zero-order valence-corrected chi connectivity index (χ0v) is 15.0. The van der Waals surface area contributed by atoms with E-state index in [1.54, 1.807) is 21.0 Å². The van der Waals surface area contributed by atoms with Crippen molar-refractivity contribution in [3.63, 3.8) is 0 Å². The lowest BCUT2D eigenvalue weighted by molar-refractivity contribution is 0.414. The second kappa shape index (κ2) is 9.88. The topological polar surface area (TPSA) is 43.4 Å². The van der Waals surface area contributed by atoms with Crippen molar-refractivity contribution >= 4 is 9.84 Å². The minimum atomic E-state index is -2.85. The Labute approximate surface area is 136 Å². The Morgan fingerprint density at radius 3 is 2.00 bits per heavy atom. The van der Waals surface area contributed by atoms with Crippen LogP contribution in [0.1, 0.15) is 57.9 Å². The van der Waals surface area contributed by atoms with Gasteiger partial charge in [-0.1, -0.05) is 37.8 Å². The summed E-state index contributed by atoms with van der Waals surface area (Å²) in [6.45, 7) is 3.52. The molecule has 1 rings (SSSR count). The van der Waals surface area contributed by atoms with Gasteiger partial charge in [-0.3, -0.25) is 0 Å². The summed E-state index contributed by atoms with van der Waals surface area (Å²) in [5.74, 6) is 1.25. The highest BCUT2D eigenvalue weighted by atomic mass is 32.2. The first-order chi connectivity index (χ1) is 10.5. The molecule has 3 nitrogen and oxygen atoms in total. The summed E-state index contributed by atoms with van der Waals surface area (Å²) in [4.78, 5) is 0. The first-order valence-corrected chi connectivity index (χ1v) is 10.0. The standard InChI is InChI=1S/C18H30O3S/c1-16(2)22(19,20)15-9-7-5-4-6-8-10-17-11-13-18(21-3)14-12-17/h11-14,16H,4-10,15H2,1-3H3. The van der Waals surface area contributed by atoms with Crippen LogP contribution in [-0.2, 0) is 16.3 Å². The van der Waals surface area contributed by atoms with Crippen molar-refractivity contribution in [2.75, 3.05) is 12.9 Å². The van der Waals surface area contributed by atoms with Gasteiger partial charge in [-0.05, 0) is 50.8 Å². The molecule has 0 saturated heterocycles. The number of hydrogen-bond acceptors (Lipinski definition) is 3. The minimum absolute atomic E-state index is 0.239. The van der Waals surface area contributed by atoms with Crippen LogP contribution in [0.15, 0.2) is 24.3 Å². The molecule has 0 atom stereocenters. The van der Waals surface area contributed by atoms with Gasteiger partial charge >= 0.3 is 0 Å². The molecule has 0 bridgehead atoms. The molecule has 0 aromatic heterocycles. The zero-order valence-electron chi connectivity index (χ0n) is 14.2. The summed E-state index contributed by atoms with van der Waals surface area (Å²) in [6.07, 6.45) is 7.66. The molecule has 0 unspecified atom stereocenters. The van der Waals surface area contributed by atoms with E-state index in [1.807, 2.05) is 12.1 Å². The number of ether oxygens (including phenoxy) is 1. The Balaban J connectivity index is 2.04. The molecule has 22 heavy (non-hydrogen) atoms. The average molecular weight is 327 g/mol. The summed E-state index contributed by atoms with van der Waals surface area (Å²) < 4.78 is 28.5. The minimum Gasteiger partial charge on any atom is -0.497 e. The van der Waals surface area contributed by atoms with Crippen LogP contribution in [-0.4, -0.2) is 26.5 Å². The predicted molar refractivity (Wildman–Crippen MR) is 93.3 cm³/mol. The molecule has 0 heterocycles. The number of hydrogen-bond donors (Lipinski definition) is 0. The monoisotopic (exact) mass is 326 g/mol. The Morgan fingerprint density at radius 2 is 1.45 bits per heavy atom. The van der Waals surface area contributed by atoms with E-state index >= 15 is 0 Å². The molecule has 1 aromatic rings. The lowest BCUT2D eigenvalue weighted by Gasteiger charge is -2.07. The number of sulfone groups is 1. The molecule has 0 aliphatic rings. The molecule has 0 radical (unpaired) electrons. The van der Waals surface area contributed by atoms with Gasteiger partial charge in [0.1, 0.15) is 5.75 Å². The quantitative estimate of drug-likeness (QED) is 0.566. The highest BCUT2D eigenvalue weighted by Gasteiger charge is 2.14. The largest absolute Gasteiger partial charge is 0.497 e. The first-order valence-electron chi connectivity index (χ1n) is 8.30. The summed E-state index contributed by atoms with van der Waals surface area (Å²) in [5.41, 5.74) is 1.35. The van der Waals surface area contributed by atoms with Crippen molar-refractivity contribution in [2.45, 2.75) is 64.0 Å². The van der Waals surface area contributed by atoms with Crippen LogP contribution < -0.4 is 4.74 Å². The van der Waals surface area contributed by atoms with Crippen LogP contribution in [0.25, 0.3) is 0 Å². The average Bonchev–Trinajstić information content (AvgIpc) is 2.50. The lowest BCUT2D eigenvalue weighted by atomic mass is 10.0. The van der Waals surface area contributed by atoms with Gasteiger partial charge < -0.3 is 4.74 Å². The second-order valence-corrected chi connectivity index (χ2v) is 8.81. The molecule has 0 N–H and O–H groups in total. The normalized spacial score (nSPS) is 11.8. The van der Waals surface area contributed by atoms with Crippen LogP contribution in [0.5, 0.6) is 5.75 Å². The number of aryl methyl sites for hydroxylation is 1. The molecule has 0 saturated carbocycles. The smallest absolute Gasteiger partial charge is 0.152 e. The van der Waals surface area contributed by atoms with Crippen molar-refractivity contribution in [1.82, 2.24) is 0 Å². The summed E-state index contributed by atoms with van der Waals surface area (Å²) >= 11 is 0. The molecule has 4 heteroatoms. The third-order valence-corrected chi connectivity index (χ3v) is 6.32. The lowest BCUT2D eigenvalue weighted by Crippen LogP contribution is -2.17. The Kier molecular flexibility index (Phi) is 8.54. The van der Waals surface area contributed by atoms with E-state index in [4.69, 9.17) is 4.74 Å². The fourth-order valence-corrected chi connectivity index (χ4v) is 3.45. The van der Waals surface area contributed by atoms with Gasteiger partial charge in [0.15, 0.2) is 9.84 Å². The first kappa shape index (κ1) is 19.0. The van der Waals surface area contributed by atoms with Crippen molar-refractivity contribution in [2.24, 2.45) is 0 Å². The maximum atomic E-state index is 11.7. The Morgan fingerprint density at radius 1 is 0.909 bits per heavy atom. The summed E-state index contributed by atoms with van der Waals surface area (Å²) in [7, 11) is -1.17. The fourth-order valence-electron chi connectivity index (χ4n) is 2.37. The Hall–Kier alpha value is -1.03. The molecule has 1 aromatic carbocycles. The summed E-state index contributed by atoms with van der Waals surface area (Å²) in [6, 6.07) is 8.25. The maximum Gasteiger partial charge on any atom is 0.152 e. The van der Waals surface area contributed by atoms with Gasteiger partial charge in [-0.25, -0.2) is 8.42 Å². The number of unbranched alkanes of at least 4 members (excludes halogenated alkanes) is 5. The van der Waals surface area contributed by atoms with Crippen molar-refractivity contribution in [3.8, 4) is 5.75 Å². The fraction of sp³-hybridized carbons (Fsp3) is 0.667. The van der Waals surface area contributed by atoms with Gasteiger partial charge in [0.05, 0.1) is 18.1 Å². The highest BCUT2D eigenvalue weighted by molar-refractivity contribution is 7.91. The molecule has 126 valence electrons. The molecule has 0 aliphatic heterocycles. The number of rotatable bonds is 11. The molecular formula is C18H30O3S. The van der Waals surface area contributed by atoms with E-state index in [9.17, 15) is 8.42 Å². The van der Waals surface area contributed by atoms with E-state index in [0.29, 0.717) is 5.75 Å². The van der Waals surface area contributed by atoms with Crippen LogP contribution in [0.3, 0.4) is 0 Å². The predicted octanol–water partition coefficient (Wildman–Crippen LogP) is 4.40. The van der Waals surface area contributed by atoms with Crippen LogP contribution in [0.2, 0.25) is 0 Å². The van der Waals surface area contributed by atoms with Crippen molar-refractivity contribution < 1.29 is 13.2 Å². The molecular weight excluding hydrogens is 296 g/mol. The van der Waals surface area contributed by atoms with E-state index in [2.05, 4.69) is 12.1 Å². The highest BCUT2D eigenvalue weighted by Crippen LogP contribution is 2.15. The SMILES string of the molecule is COc1ccc(CCCCCCCCS(=O)(=O)C(C)C)cc1. The van der Waals surface area contributed by atoms with Crippen molar-refractivity contribution in [3.05, 3.63) is 29.8 Å². The Bertz CT molecular complexity index is 504. The molecule has 0 aliphatic carbocycles. The van der Waals surface area contributed by atoms with E-state index < -0.39 is 9.84 Å². The third-order valence-electron chi connectivity index (χ3n) is 4.02. The molecule has 0 fully saturated rings. The maximum absolute atomic E-state index is 11.7. The number of benzene rings is 1. The van der Waals surface area contributed by atoms with E-state index in [0.717, 1.165) is 31.4 Å². The van der Waals surface area contributed by atoms with E-state index in [1.165, 1.54) is 24.8 Å². The molecule has 0 amide bonds. The third kappa shape index (κ3) is 7.30. The summed E-state index contributed by atoms with van der Waals surface area (Å²) in [5, 5.41) is -0.239. The second-order valence-electron chi connectivity index (χ2n) is 6.14. The van der Waals surface area contributed by atoms with Gasteiger partial charge in [0.2, 0.25) is 0 Å². The van der Waals surface area contributed by atoms with Crippen LogP contribution >= 0.6 is 0 Å². The van der Waals surface area contributed by atoms with Gasteiger partial charge in [0, 0.05) is 0 Å². The van der Waals surface area contributed by atoms with Crippen LogP contribution in [0, 0.1) is 0 Å². The zero-order chi connectivity index (χ0) is 16.4. The van der Waals surface area contributed by atoms with E-state index in [-0.39, 0.29) is 5.25 Å². The van der Waals surface area contributed by atoms with Crippen molar-refractivity contribution in [1.29, 1.82) is 0 Å².